The van der Waals surface area contributed by atoms with Crippen LogP contribution in [0.1, 0.15) is 33.4 Å². The van der Waals surface area contributed by atoms with Gasteiger partial charge < -0.3 is 5.32 Å². The van der Waals surface area contributed by atoms with Crippen molar-refractivity contribution in [1.29, 1.82) is 0 Å². The van der Waals surface area contributed by atoms with Crippen LogP contribution < -0.4 is 5.32 Å². The van der Waals surface area contributed by atoms with Crippen molar-refractivity contribution in [2.45, 2.75) is 39.8 Å². The minimum absolute atomic E-state index is 0.000393. The molecule has 0 atom stereocenters. The van der Waals surface area contributed by atoms with Crippen LogP contribution in [0.3, 0.4) is 0 Å². The summed E-state index contributed by atoms with van der Waals surface area (Å²) < 4.78 is 1.88. The van der Waals surface area contributed by atoms with Gasteiger partial charge in [-0.3, -0.25) is 0 Å². The number of rotatable bonds is 4. The molecule has 0 aliphatic rings. The average Bonchev–Trinajstić information content (AvgIpc) is 2.51. The fraction of sp³-hybridized carbons (Fsp3) is 0.636. The second-order valence-corrected chi connectivity index (χ2v) is 4.89. The first-order valence-corrected chi connectivity index (χ1v) is 5.16. The second-order valence-electron chi connectivity index (χ2n) is 4.89. The molecule has 84 valence electrons. The van der Waals surface area contributed by atoms with E-state index in [2.05, 4.69) is 43.0 Å². The van der Waals surface area contributed by atoms with Gasteiger partial charge in [0.25, 0.3) is 0 Å². The van der Waals surface area contributed by atoms with Crippen molar-refractivity contribution in [3.8, 4) is 0 Å². The van der Waals surface area contributed by atoms with Gasteiger partial charge >= 0.3 is 0 Å². The Kier molecular flexibility index (Phi) is 3.63. The van der Waals surface area contributed by atoms with E-state index in [1.807, 2.05) is 17.8 Å². The van der Waals surface area contributed by atoms with E-state index >= 15 is 0 Å². The smallest absolute Gasteiger partial charge is 0.0965 e. The van der Waals surface area contributed by atoms with E-state index in [0.717, 1.165) is 24.4 Å². The molecule has 0 aliphatic carbocycles. The van der Waals surface area contributed by atoms with Crippen LogP contribution in [0.5, 0.6) is 0 Å². The Morgan fingerprint density at radius 3 is 2.67 bits per heavy atom. The monoisotopic (exact) mass is 208 g/mol. The van der Waals surface area contributed by atoms with Crippen molar-refractivity contribution >= 4 is 0 Å². The number of hydrogen-bond acceptors (Lipinski definition) is 3. The van der Waals surface area contributed by atoms with Gasteiger partial charge in [-0.2, -0.15) is 0 Å². The van der Waals surface area contributed by atoms with E-state index in [9.17, 15) is 0 Å². The van der Waals surface area contributed by atoms with Crippen molar-refractivity contribution in [2.75, 3.05) is 6.54 Å². The molecule has 0 aromatic carbocycles. The molecule has 1 aromatic heterocycles. The summed E-state index contributed by atoms with van der Waals surface area (Å²) in [6.07, 6.45) is 1.98. The number of nitrogens with zero attached hydrogens (tertiary/aromatic N) is 3. The molecule has 0 bridgehead atoms. The lowest BCUT2D eigenvalue weighted by molar-refractivity contribution is 0.347. The summed E-state index contributed by atoms with van der Waals surface area (Å²) in [7, 11) is 0. The molecule has 0 saturated carbocycles. The first-order chi connectivity index (χ1) is 6.89. The van der Waals surface area contributed by atoms with E-state index in [1.54, 1.807) is 0 Å². The maximum absolute atomic E-state index is 4.10. The molecular weight excluding hydrogens is 188 g/mol. The van der Waals surface area contributed by atoms with Crippen LogP contribution >= 0.6 is 0 Å². The van der Waals surface area contributed by atoms with Gasteiger partial charge in [-0.05, 0) is 27.7 Å². The molecule has 15 heavy (non-hydrogen) atoms. The zero-order valence-corrected chi connectivity index (χ0v) is 10.0. The second kappa shape index (κ2) is 4.57. The van der Waals surface area contributed by atoms with Gasteiger partial charge in [-0.15, -0.1) is 5.10 Å². The molecule has 0 unspecified atom stereocenters. The third kappa shape index (κ3) is 3.83. The van der Waals surface area contributed by atoms with Crippen molar-refractivity contribution in [2.24, 2.45) is 0 Å². The summed E-state index contributed by atoms with van der Waals surface area (Å²) >= 11 is 0. The van der Waals surface area contributed by atoms with E-state index < -0.39 is 0 Å². The minimum atomic E-state index is -0.000393. The highest BCUT2D eigenvalue weighted by molar-refractivity contribution is 4.96. The Morgan fingerprint density at radius 2 is 2.20 bits per heavy atom. The van der Waals surface area contributed by atoms with E-state index in [4.69, 9.17) is 0 Å². The highest BCUT2D eigenvalue weighted by atomic mass is 15.4. The molecule has 0 saturated heterocycles. The van der Waals surface area contributed by atoms with Crippen LogP contribution in [-0.2, 0) is 12.1 Å². The van der Waals surface area contributed by atoms with Crippen LogP contribution in [0.15, 0.2) is 18.3 Å². The van der Waals surface area contributed by atoms with Crippen molar-refractivity contribution in [3.05, 3.63) is 24.0 Å². The fourth-order valence-electron chi connectivity index (χ4n) is 1.11. The molecule has 0 radical (unpaired) electrons. The van der Waals surface area contributed by atoms with Gasteiger partial charge in [0, 0.05) is 13.1 Å². The summed E-state index contributed by atoms with van der Waals surface area (Å²) in [6.45, 7) is 13.7. The van der Waals surface area contributed by atoms with Gasteiger partial charge in [0.2, 0.25) is 0 Å². The van der Waals surface area contributed by atoms with Gasteiger partial charge in [-0.1, -0.05) is 17.4 Å². The van der Waals surface area contributed by atoms with Gasteiger partial charge in [0.1, 0.15) is 0 Å². The lowest BCUT2D eigenvalue weighted by Crippen LogP contribution is -2.22. The standard InChI is InChI=1S/C11H20N4/c1-9(2)6-12-7-10-8-15(14-13-10)11(3,4)5/h8,12H,1,6-7H2,2-5H3. The molecule has 0 spiro atoms. The van der Waals surface area contributed by atoms with Gasteiger partial charge in [0.15, 0.2) is 0 Å². The number of nitrogens with one attached hydrogen (secondary N) is 1. The molecule has 4 heteroatoms. The Morgan fingerprint density at radius 1 is 1.53 bits per heavy atom. The van der Waals surface area contributed by atoms with Crippen molar-refractivity contribution in [3.63, 3.8) is 0 Å². The first-order valence-electron chi connectivity index (χ1n) is 5.16. The summed E-state index contributed by atoms with van der Waals surface area (Å²) in [5.41, 5.74) is 2.09. The van der Waals surface area contributed by atoms with Crippen molar-refractivity contribution in [1.82, 2.24) is 20.3 Å². The zero-order valence-electron chi connectivity index (χ0n) is 10.0. The molecule has 0 amide bonds. The Balaban J connectivity index is 2.50. The third-order valence-corrected chi connectivity index (χ3v) is 1.96. The lowest BCUT2D eigenvalue weighted by atomic mass is 10.1. The van der Waals surface area contributed by atoms with E-state index in [0.29, 0.717) is 0 Å². The van der Waals surface area contributed by atoms with Crippen LogP contribution in [0.25, 0.3) is 0 Å². The van der Waals surface area contributed by atoms with Crippen molar-refractivity contribution < 1.29 is 0 Å². The predicted octanol–water partition coefficient (Wildman–Crippen LogP) is 1.70. The minimum Gasteiger partial charge on any atom is -0.307 e. The molecule has 1 aromatic rings. The quantitative estimate of drug-likeness (QED) is 0.766. The SMILES string of the molecule is C=C(C)CNCc1cn(C(C)(C)C)nn1. The molecule has 1 rings (SSSR count). The van der Waals surface area contributed by atoms with Gasteiger partial charge in [-0.25, -0.2) is 4.68 Å². The number of aromatic nitrogens is 3. The van der Waals surface area contributed by atoms with E-state index in [-0.39, 0.29) is 5.54 Å². The zero-order chi connectivity index (χ0) is 11.5. The largest absolute Gasteiger partial charge is 0.307 e. The number of hydrogen-bond donors (Lipinski definition) is 1. The summed E-state index contributed by atoms with van der Waals surface area (Å²) in [5, 5.41) is 11.4. The first kappa shape index (κ1) is 11.9. The Hall–Kier alpha value is -1.16. The van der Waals surface area contributed by atoms with Crippen LogP contribution in [-0.4, -0.2) is 21.5 Å². The Labute approximate surface area is 91.4 Å². The molecule has 1 heterocycles. The third-order valence-electron chi connectivity index (χ3n) is 1.96. The topological polar surface area (TPSA) is 42.7 Å². The van der Waals surface area contributed by atoms with Gasteiger partial charge in [0.05, 0.1) is 17.4 Å². The average molecular weight is 208 g/mol. The lowest BCUT2D eigenvalue weighted by Gasteiger charge is -2.17. The van der Waals surface area contributed by atoms with Crippen LogP contribution in [0, 0.1) is 0 Å². The van der Waals surface area contributed by atoms with Crippen LogP contribution in [0.2, 0.25) is 0 Å². The molecular formula is C11H20N4. The van der Waals surface area contributed by atoms with E-state index in [1.165, 1.54) is 0 Å². The predicted molar refractivity (Wildman–Crippen MR) is 61.5 cm³/mol. The van der Waals surface area contributed by atoms with Crippen LogP contribution in [0.4, 0.5) is 0 Å². The Bertz CT molecular complexity index is 333. The molecule has 0 aliphatic heterocycles. The molecule has 0 fully saturated rings. The summed E-state index contributed by atoms with van der Waals surface area (Å²) in [6, 6.07) is 0. The normalized spacial score (nSPS) is 11.7. The highest BCUT2D eigenvalue weighted by Crippen LogP contribution is 2.11. The maximum Gasteiger partial charge on any atom is 0.0965 e. The molecule has 4 nitrogen and oxygen atoms in total. The summed E-state index contributed by atoms with van der Waals surface area (Å²) in [5.74, 6) is 0. The highest BCUT2D eigenvalue weighted by Gasteiger charge is 2.14. The maximum atomic E-state index is 4.10. The fourth-order valence-corrected chi connectivity index (χ4v) is 1.11. The molecule has 1 N–H and O–H groups in total. The summed E-state index contributed by atoms with van der Waals surface area (Å²) in [4.78, 5) is 0.